The van der Waals surface area contributed by atoms with E-state index in [9.17, 15) is 18.0 Å². The molecule has 1 aromatic carbocycles. The molecule has 2 saturated carbocycles. The van der Waals surface area contributed by atoms with E-state index < -0.39 is 36.2 Å². The lowest BCUT2D eigenvalue weighted by atomic mass is 9.71. The van der Waals surface area contributed by atoms with Crippen molar-refractivity contribution >= 4 is 5.97 Å². The zero-order valence-corrected chi connectivity index (χ0v) is 23.7. The van der Waals surface area contributed by atoms with Crippen LogP contribution in [0.4, 0.5) is 13.2 Å². The smallest absolute Gasteiger partial charge is 0.414 e. The molecular formula is C30H42F3N3O3. The number of carbonyl (C=O) groups excluding carboxylic acids is 1. The third-order valence-corrected chi connectivity index (χ3v) is 7.42. The predicted octanol–water partition coefficient (Wildman–Crippen LogP) is 7.51. The van der Waals surface area contributed by atoms with Crippen molar-refractivity contribution in [3.05, 3.63) is 47.5 Å². The van der Waals surface area contributed by atoms with E-state index in [4.69, 9.17) is 9.47 Å². The van der Waals surface area contributed by atoms with Crippen LogP contribution in [-0.2, 0) is 20.9 Å². The number of hydrogen-bond acceptors (Lipinski definition) is 5. The van der Waals surface area contributed by atoms with Gasteiger partial charge in [0.05, 0.1) is 13.0 Å². The summed E-state index contributed by atoms with van der Waals surface area (Å²) in [5.74, 6) is 1.44. The van der Waals surface area contributed by atoms with E-state index in [0.717, 1.165) is 37.9 Å². The van der Waals surface area contributed by atoms with Crippen molar-refractivity contribution in [1.82, 2.24) is 14.8 Å². The van der Waals surface area contributed by atoms with Gasteiger partial charge < -0.3 is 14.0 Å². The van der Waals surface area contributed by atoms with E-state index in [0.29, 0.717) is 23.2 Å². The fourth-order valence-electron chi connectivity index (χ4n) is 5.58. The highest BCUT2D eigenvalue weighted by Gasteiger charge is 2.45. The molecule has 0 aliphatic heterocycles. The van der Waals surface area contributed by atoms with Gasteiger partial charge in [0, 0.05) is 17.9 Å². The summed E-state index contributed by atoms with van der Waals surface area (Å²) in [6.07, 6.45) is -2.24. The molecule has 9 heteroatoms. The number of aromatic nitrogens is 3. The first-order chi connectivity index (χ1) is 18.3. The van der Waals surface area contributed by atoms with E-state index >= 15 is 0 Å². The van der Waals surface area contributed by atoms with Gasteiger partial charge in [-0.05, 0) is 76.7 Å². The van der Waals surface area contributed by atoms with Gasteiger partial charge in [-0.1, -0.05) is 44.2 Å². The minimum atomic E-state index is -4.60. The topological polar surface area (TPSA) is 66.2 Å². The molecule has 1 heterocycles. The summed E-state index contributed by atoms with van der Waals surface area (Å²) in [6.45, 7) is 9.50. The first-order valence-corrected chi connectivity index (χ1v) is 14.2. The van der Waals surface area contributed by atoms with Crippen LogP contribution < -0.4 is 0 Å². The van der Waals surface area contributed by atoms with Crippen LogP contribution in [0, 0.1) is 11.8 Å². The predicted molar refractivity (Wildman–Crippen MR) is 142 cm³/mol. The second-order valence-electron chi connectivity index (χ2n) is 12.7. The molecule has 0 radical (unpaired) electrons. The van der Waals surface area contributed by atoms with Gasteiger partial charge in [0.2, 0.25) is 0 Å². The van der Waals surface area contributed by atoms with Crippen molar-refractivity contribution in [1.29, 1.82) is 0 Å². The second-order valence-corrected chi connectivity index (χ2v) is 12.7. The van der Waals surface area contributed by atoms with Gasteiger partial charge in [0.15, 0.2) is 6.10 Å². The van der Waals surface area contributed by atoms with Crippen molar-refractivity contribution in [2.24, 2.45) is 11.8 Å². The summed E-state index contributed by atoms with van der Waals surface area (Å²) in [4.78, 5) is 12.9. The zero-order valence-electron chi connectivity index (χ0n) is 23.7. The van der Waals surface area contributed by atoms with Crippen LogP contribution in [0.1, 0.15) is 115 Å². The van der Waals surface area contributed by atoms with E-state index in [2.05, 4.69) is 28.6 Å². The van der Waals surface area contributed by atoms with Crippen LogP contribution in [-0.4, -0.2) is 38.6 Å². The van der Waals surface area contributed by atoms with Crippen molar-refractivity contribution < 1.29 is 27.4 Å². The highest BCUT2D eigenvalue weighted by atomic mass is 19.4. The minimum Gasteiger partial charge on any atom is -0.460 e. The molecule has 0 spiro atoms. The highest BCUT2D eigenvalue weighted by Crippen LogP contribution is 2.48. The molecule has 4 rings (SSSR count). The molecule has 0 bridgehead atoms. The van der Waals surface area contributed by atoms with Gasteiger partial charge in [-0.2, -0.15) is 13.2 Å². The van der Waals surface area contributed by atoms with Crippen LogP contribution in [0.25, 0.3) is 0 Å². The first-order valence-electron chi connectivity index (χ1n) is 14.2. The number of ether oxygens (including phenoxy) is 2. The monoisotopic (exact) mass is 549 g/mol. The summed E-state index contributed by atoms with van der Waals surface area (Å²) in [6, 6.07) is 8.96. The van der Waals surface area contributed by atoms with Gasteiger partial charge in [-0.15, -0.1) is 10.2 Å². The van der Waals surface area contributed by atoms with Crippen LogP contribution in [0.2, 0.25) is 0 Å². The van der Waals surface area contributed by atoms with Gasteiger partial charge in [0.1, 0.15) is 17.2 Å². The molecular weight excluding hydrogens is 507 g/mol. The Morgan fingerprint density at radius 2 is 1.74 bits per heavy atom. The molecule has 2 aliphatic rings. The fraction of sp³-hybridized carbons (Fsp3) is 0.700. The summed E-state index contributed by atoms with van der Waals surface area (Å²) < 4.78 is 55.7. The third kappa shape index (κ3) is 8.29. The molecule has 216 valence electrons. The molecule has 1 aromatic heterocycles. The Bertz CT molecular complexity index is 1080. The minimum absolute atomic E-state index is 0.171. The quantitative estimate of drug-likeness (QED) is 0.256. The number of carbonyl (C=O) groups is 1. The van der Waals surface area contributed by atoms with Crippen LogP contribution in [0.5, 0.6) is 0 Å². The van der Waals surface area contributed by atoms with Gasteiger partial charge in [-0.3, -0.25) is 4.79 Å². The normalized spacial score (nSPS) is 21.5. The van der Waals surface area contributed by atoms with Crippen LogP contribution >= 0.6 is 0 Å². The molecule has 0 N–H and O–H groups in total. The molecule has 2 aliphatic carbocycles. The summed E-state index contributed by atoms with van der Waals surface area (Å²) in [5, 5.41) is 8.97. The average molecular weight is 550 g/mol. The van der Waals surface area contributed by atoms with E-state index in [-0.39, 0.29) is 25.0 Å². The van der Waals surface area contributed by atoms with E-state index in [1.165, 1.54) is 0 Å². The average Bonchev–Trinajstić information content (AvgIpc) is 3.55. The maximum Gasteiger partial charge on any atom is 0.414 e. The Hall–Kier alpha value is -2.42. The number of nitrogens with zero attached hydrogens (tertiary/aromatic N) is 3. The summed E-state index contributed by atoms with van der Waals surface area (Å²) in [7, 11) is 0. The molecule has 2 fully saturated rings. The third-order valence-electron chi connectivity index (χ3n) is 7.42. The lowest BCUT2D eigenvalue weighted by molar-refractivity contribution is -0.227. The van der Waals surface area contributed by atoms with Crippen LogP contribution in [0.3, 0.4) is 0 Å². The number of esters is 1. The van der Waals surface area contributed by atoms with Gasteiger partial charge >= 0.3 is 12.1 Å². The maximum absolute atomic E-state index is 14.2. The van der Waals surface area contributed by atoms with E-state index in [1.807, 2.05) is 0 Å². The highest BCUT2D eigenvalue weighted by molar-refractivity contribution is 5.70. The number of rotatable bonds is 12. The van der Waals surface area contributed by atoms with Crippen molar-refractivity contribution in [3.8, 4) is 0 Å². The Labute approximate surface area is 229 Å². The second kappa shape index (κ2) is 12.0. The molecule has 0 saturated heterocycles. The standard InChI is InChI=1S/C30H42F3N3O3/c1-19(2)13-21-14-22(15-21)27-34-35-28(36(27)24-11-12-24)23(17-26(37)39-29(3,4)5)16-25(30(31,32)33)38-18-20-9-7-6-8-10-20/h6-10,19,21-25H,11-18H2,1-5H3/t21?,22?,23-,25?/m0/s1. The van der Waals surface area contributed by atoms with E-state index in [1.54, 1.807) is 51.1 Å². The first kappa shape index (κ1) is 29.6. The maximum atomic E-state index is 14.2. The number of alkyl halides is 3. The fourth-order valence-corrected chi connectivity index (χ4v) is 5.58. The Morgan fingerprint density at radius 1 is 1.08 bits per heavy atom. The molecule has 0 amide bonds. The van der Waals surface area contributed by atoms with Crippen molar-refractivity contribution in [2.75, 3.05) is 0 Å². The molecule has 6 nitrogen and oxygen atoms in total. The Balaban J connectivity index is 1.59. The largest absolute Gasteiger partial charge is 0.460 e. The number of hydrogen-bond donors (Lipinski definition) is 0. The lowest BCUT2D eigenvalue weighted by Gasteiger charge is -2.36. The van der Waals surface area contributed by atoms with Crippen LogP contribution in [0.15, 0.2) is 30.3 Å². The molecule has 2 aromatic rings. The number of benzene rings is 1. The zero-order chi connectivity index (χ0) is 28.4. The molecule has 2 atom stereocenters. The van der Waals surface area contributed by atoms with Gasteiger partial charge in [0.25, 0.3) is 0 Å². The summed E-state index contributed by atoms with van der Waals surface area (Å²) in [5.41, 5.74) is -0.0959. The number of halogens is 3. The van der Waals surface area contributed by atoms with Gasteiger partial charge in [-0.25, -0.2) is 0 Å². The SMILES string of the molecule is CC(C)CC1CC(c2nnc([C@H](CC(=O)OC(C)(C)C)CC(OCc3ccccc3)C(F)(F)F)n2C2CC2)C1. The van der Waals surface area contributed by atoms with Crippen molar-refractivity contribution in [2.45, 2.75) is 122 Å². The summed E-state index contributed by atoms with van der Waals surface area (Å²) >= 11 is 0. The lowest BCUT2D eigenvalue weighted by Crippen LogP contribution is -2.35. The Morgan fingerprint density at radius 3 is 2.31 bits per heavy atom. The molecule has 39 heavy (non-hydrogen) atoms. The van der Waals surface area contributed by atoms with Crippen molar-refractivity contribution in [3.63, 3.8) is 0 Å². The molecule has 1 unspecified atom stereocenters. The Kier molecular flexibility index (Phi) is 9.08.